The van der Waals surface area contributed by atoms with Crippen molar-refractivity contribution >= 4 is 28.4 Å². The van der Waals surface area contributed by atoms with Gasteiger partial charge in [0.2, 0.25) is 5.91 Å². The maximum Gasteiger partial charge on any atom is 0.340 e. The number of amides is 1. The Morgan fingerprint density at radius 1 is 1.19 bits per heavy atom. The molecule has 1 N–H and O–H groups in total. The van der Waals surface area contributed by atoms with E-state index in [4.69, 9.17) is 0 Å². The van der Waals surface area contributed by atoms with Gasteiger partial charge >= 0.3 is 5.97 Å². The lowest BCUT2D eigenvalue weighted by molar-refractivity contribution is -0.122. The van der Waals surface area contributed by atoms with Gasteiger partial charge in [0.05, 0.1) is 5.69 Å². The number of anilines is 1. The van der Waals surface area contributed by atoms with Gasteiger partial charge in [-0.1, -0.05) is 32.1 Å². The first-order chi connectivity index (χ1) is 10.0. The van der Waals surface area contributed by atoms with E-state index in [0.29, 0.717) is 10.7 Å². The van der Waals surface area contributed by atoms with Crippen molar-refractivity contribution in [3.05, 3.63) is 11.3 Å². The Labute approximate surface area is 129 Å². The molecule has 0 atom stereocenters. The molecule has 1 fully saturated rings. The lowest BCUT2D eigenvalue weighted by Gasteiger charge is -2.24. The molecule has 0 saturated heterocycles. The highest BCUT2D eigenvalue weighted by atomic mass is 32.1. The zero-order valence-corrected chi connectivity index (χ0v) is 13.4. The average Bonchev–Trinajstić information content (AvgIpc) is 2.79. The first-order valence-electron chi connectivity index (χ1n) is 7.49. The van der Waals surface area contributed by atoms with Crippen LogP contribution in [0.1, 0.15) is 61.0 Å². The lowest BCUT2D eigenvalue weighted by Crippen LogP contribution is -2.33. The minimum absolute atomic E-state index is 0.0133. The standard InChI is InChI=1S/C15H22N2O3S/c1-10-12(15(19)20)14(21-16-10)17(2)13(18)11-8-6-4-3-5-7-9-11/h11H,3-9H2,1-2H3,(H,19,20). The largest absolute Gasteiger partial charge is 0.478 e. The van der Waals surface area contributed by atoms with E-state index in [1.54, 1.807) is 14.0 Å². The van der Waals surface area contributed by atoms with E-state index in [0.717, 1.165) is 37.2 Å². The van der Waals surface area contributed by atoms with E-state index in [1.807, 2.05) is 0 Å². The molecular weight excluding hydrogens is 288 g/mol. The van der Waals surface area contributed by atoms with Crippen molar-refractivity contribution in [3.63, 3.8) is 0 Å². The maximum absolute atomic E-state index is 12.7. The molecule has 1 aliphatic rings. The van der Waals surface area contributed by atoms with Crippen LogP contribution in [0.4, 0.5) is 5.00 Å². The van der Waals surface area contributed by atoms with Crippen LogP contribution in [-0.2, 0) is 4.79 Å². The fourth-order valence-corrected chi connectivity index (χ4v) is 3.76. The molecule has 0 spiro atoms. The van der Waals surface area contributed by atoms with Crippen molar-refractivity contribution in [2.45, 2.75) is 51.9 Å². The van der Waals surface area contributed by atoms with Crippen LogP contribution in [0.25, 0.3) is 0 Å². The molecule has 21 heavy (non-hydrogen) atoms. The van der Waals surface area contributed by atoms with Crippen molar-refractivity contribution in [1.29, 1.82) is 0 Å². The highest BCUT2D eigenvalue weighted by Crippen LogP contribution is 2.31. The summed E-state index contributed by atoms with van der Waals surface area (Å²) in [5.74, 6) is -0.976. The van der Waals surface area contributed by atoms with Crippen molar-refractivity contribution < 1.29 is 14.7 Å². The molecule has 0 radical (unpaired) electrons. The highest BCUT2D eigenvalue weighted by molar-refractivity contribution is 7.11. The Kier molecular flexibility index (Phi) is 5.33. The van der Waals surface area contributed by atoms with Gasteiger partial charge in [-0.05, 0) is 31.3 Å². The van der Waals surface area contributed by atoms with Gasteiger partial charge in [-0.25, -0.2) is 4.79 Å². The van der Waals surface area contributed by atoms with Gasteiger partial charge in [0.1, 0.15) is 10.6 Å². The Morgan fingerprint density at radius 2 is 1.76 bits per heavy atom. The number of carboxylic acids is 1. The molecule has 0 aromatic carbocycles. The Morgan fingerprint density at radius 3 is 2.33 bits per heavy atom. The first-order valence-corrected chi connectivity index (χ1v) is 8.27. The number of hydrogen-bond acceptors (Lipinski definition) is 4. The Hall–Kier alpha value is -1.43. The SMILES string of the molecule is Cc1nsc(N(C)C(=O)C2CCCCCCC2)c1C(=O)O. The second kappa shape index (κ2) is 7.02. The molecule has 0 bridgehead atoms. The lowest BCUT2D eigenvalue weighted by atomic mass is 9.90. The third-order valence-electron chi connectivity index (χ3n) is 4.15. The number of carboxylic acid groups (broad SMARTS) is 1. The van der Waals surface area contributed by atoms with Gasteiger partial charge in [-0.15, -0.1) is 0 Å². The molecule has 6 heteroatoms. The number of carbonyl (C=O) groups excluding carboxylic acids is 1. The average molecular weight is 310 g/mol. The number of aryl methyl sites for hydroxylation is 1. The smallest absolute Gasteiger partial charge is 0.340 e. The molecule has 1 aromatic heterocycles. The van der Waals surface area contributed by atoms with E-state index in [9.17, 15) is 14.7 Å². The first kappa shape index (κ1) is 15.9. The van der Waals surface area contributed by atoms with Gasteiger partial charge < -0.3 is 10.0 Å². The number of aromatic nitrogens is 1. The van der Waals surface area contributed by atoms with Crippen LogP contribution in [0.15, 0.2) is 0 Å². The van der Waals surface area contributed by atoms with E-state index in [1.165, 1.54) is 24.2 Å². The zero-order chi connectivity index (χ0) is 15.4. The Balaban J connectivity index is 2.16. The summed E-state index contributed by atoms with van der Waals surface area (Å²) in [6.45, 7) is 1.66. The molecule has 0 unspecified atom stereocenters. The van der Waals surface area contributed by atoms with Gasteiger partial charge in [0.15, 0.2) is 0 Å². The van der Waals surface area contributed by atoms with Crippen molar-refractivity contribution in [2.75, 3.05) is 11.9 Å². The number of aromatic carboxylic acids is 1. The fourth-order valence-electron chi connectivity index (χ4n) is 2.91. The number of hydrogen-bond donors (Lipinski definition) is 1. The van der Waals surface area contributed by atoms with E-state index < -0.39 is 5.97 Å². The summed E-state index contributed by atoms with van der Waals surface area (Å²) in [6.07, 6.45) is 7.61. The molecular formula is C15H22N2O3S. The number of nitrogens with zero attached hydrogens (tertiary/aromatic N) is 2. The van der Waals surface area contributed by atoms with Gasteiger partial charge in [0.25, 0.3) is 0 Å². The van der Waals surface area contributed by atoms with Gasteiger partial charge in [-0.2, -0.15) is 4.37 Å². The monoisotopic (exact) mass is 310 g/mol. The van der Waals surface area contributed by atoms with Crippen LogP contribution in [0.5, 0.6) is 0 Å². The minimum atomic E-state index is -1.02. The summed E-state index contributed by atoms with van der Waals surface area (Å²) >= 11 is 1.09. The summed E-state index contributed by atoms with van der Waals surface area (Å²) in [6, 6.07) is 0. The Bertz CT molecular complexity index is 519. The second-order valence-corrected chi connectivity index (χ2v) is 6.44. The number of rotatable bonds is 3. The normalized spacial score (nSPS) is 17.0. The summed E-state index contributed by atoms with van der Waals surface area (Å²) < 4.78 is 4.09. The van der Waals surface area contributed by atoms with Crippen LogP contribution in [0, 0.1) is 12.8 Å². The van der Waals surface area contributed by atoms with Crippen LogP contribution in [0.2, 0.25) is 0 Å². The van der Waals surface area contributed by atoms with E-state index >= 15 is 0 Å². The molecule has 2 rings (SSSR count). The van der Waals surface area contributed by atoms with Crippen molar-refractivity contribution in [2.24, 2.45) is 5.92 Å². The second-order valence-electron chi connectivity index (χ2n) is 5.69. The zero-order valence-electron chi connectivity index (χ0n) is 12.6. The third-order valence-corrected chi connectivity index (χ3v) is 5.16. The molecule has 116 valence electrons. The van der Waals surface area contributed by atoms with Gasteiger partial charge in [0, 0.05) is 13.0 Å². The highest BCUT2D eigenvalue weighted by Gasteiger charge is 2.28. The summed E-state index contributed by atoms with van der Waals surface area (Å²) in [7, 11) is 1.67. The summed E-state index contributed by atoms with van der Waals surface area (Å²) in [5, 5.41) is 9.74. The van der Waals surface area contributed by atoms with Crippen LogP contribution in [0.3, 0.4) is 0 Å². The van der Waals surface area contributed by atoms with E-state index in [-0.39, 0.29) is 17.4 Å². The molecule has 5 nitrogen and oxygen atoms in total. The summed E-state index contributed by atoms with van der Waals surface area (Å²) in [4.78, 5) is 25.5. The van der Waals surface area contributed by atoms with Gasteiger partial charge in [-0.3, -0.25) is 4.79 Å². The molecule has 1 saturated carbocycles. The maximum atomic E-state index is 12.7. The predicted molar refractivity (Wildman–Crippen MR) is 83.0 cm³/mol. The van der Waals surface area contributed by atoms with Crippen molar-refractivity contribution in [1.82, 2.24) is 4.37 Å². The molecule has 1 aromatic rings. The molecule has 1 heterocycles. The van der Waals surface area contributed by atoms with Crippen LogP contribution < -0.4 is 4.90 Å². The summed E-state index contributed by atoms with van der Waals surface area (Å²) in [5.41, 5.74) is 0.626. The van der Waals surface area contributed by atoms with Crippen molar-refractivity contribution in [3.8, 4) is 0 Å². The topological polar surface area (TPSA) is 70.5 Å². The molecule has 1 aliphatic carbocycles. The minimum Gasteiger partial charge on any atom is -0.478 e. The number of carbonyl (C=O) groups is 2. The quantitative estimate of drug-likeness (QED) is 0.928. The predicted octanol–water partition coefficient (Wildman–Crippen LogP) is 3.47. The van der Waals surface area contributed by atoms with E-state index in [2.05, 4.69) is 4.37 Å². The molecule has 1 amide bonds. The third kappa shape index (κ3) is 3.61. The fraction of sp³-hybridized carbons (Fsp3) is 0.667. The van der Waals surface area contributed by atoms with Crippen LogP contribution in [-0.4, -0.2) is 28.4 Å². The molecule has 0 aliphatic heterocycles. The van der Waals surface area contributed by atoms with Crippen LogP contribution >= 0.6 is 11.5 Å².